The summed E-state index contributed by atoms with van der Waals surface area (Å²) in [5.74, 6) is 0. The molecule has 0 unspecified atom stereocenters. The molecule has 0 aromatic heterocycles. The molecule has 0 rings (SSSR count). The summed E-state index contributed by atoms with van der Waals surface area (Å²) in [5.41, 5.74) is 0. The Balaban J connectivity index is 3.68. The maximum absolute atomic E-state index is 6.16. The SMILES string of the molecule is CCCCCCCCC/C=C/CO[Si](C)(C)O[Si](C)(C)OCC. The van der Waals surface area contributed by atoms with Gasteiger partial charge in [-0.05, 0) is 46.0 Å². The lowest BCUT2D eigenvalue weighted by Crippen LogP contribution is -2.48. The fourth-order valence-corrected chi connectivity index (χ4v) is 9.05. The van der Waals surface area contributed by atoms with Gasteiger partial charge in [-0.2, -0.15) is 0 Å². The molecule has 5 heteroatoms. The van der Waals surface area contributed by atoms with Crippen LogP contribution >= 0.6 is 0 Å². The molecule has 0 heterocycles. The van der Waals surface area contributed by atoms with Crippen molar-refractivity contribution < 1.29 is 13.0 Å². The maximum Gasteiger partial charge on any atom is 0.323 e. The Kier molecular flexibility index (Phi) is 13.4. The Labute approximate surface area is 147 Å². The van der Waals surface area contributed by atoms with Gasteiger partial charge in [0.2, 0.25) is 0 Å². The van der Waals surface area contributed by atoms with Crippen LogP contribution in [0, 0.1) is 0 Å². The van der Waals surface area contributed by atoms with Crippen LogP contribution in [0.5, 0.6) is 0 Å². The molecular weight excluding hydrogens is 320 g/mol. The van der Waals surface area contributed by atoms with Gasteiger partial charge in [-0.3, -0.25) is 0 Å². The van der Waals surface area contributed by atoms with Crippen molar-refractivity contribution in [2.45, 2.75) is 91.4 Å². The molecule has 0 spiro atoms. The number of rotatable bonds is 15. The van der Waals surface area contributed by atoms with Crippen LogP contribution in [-0.2, 0) is 13.0 Å². The van der Waals surface area contributed by atoms with E-state index in [1.54, 1.807) is 0 Å². The van der Waals surface area contributed by atoms with Crippen LogP contribution < -0.4 is 0 Å². The average Bonchev–Trinajstić information content (AvgIpc) is 2.43. The minimum absolute atomic E-state index is 0.659. The van der Waals surface area contributed by atoms with Crippen molar-refractivity contribution in [2.24, 2.45) is 0 Å². The molecule has 0 bridgehead atoms. The predicted molar refractivity (Wildman–Crippen MR) is 105 cm³/mol. The molecule has 0 aliphatic carbocycles. The van der Waals surface area contributed by atoms with Crippen LogP contribution in [-0.4, -0.2) is 30.3 Å². The summed E-state index contributed by atoms with van der Waals surface area (Å²) in [4.78, 5) is 0. The van der Waals surface area contributed by atoms with E-state index in [0.717, 1.165) is 0 Å². The lowest BCUT2D eigenvalue weighted by atomic mass is 10.1. The second-order valence-electron chi connectivity index (χ2n) is 7.03. The first-order valence-corrected chi connectivity index (χ1v) is 15.1. The zero-order valence-electron chi connectivity index (χ0n) is 16.5. The van der Waals surface area contributed by atoms with Crippen molar-refractivity contribution in [1.82, 2.24) is 0 Å². The monoisotopic (exact) mass is 360 g/mol. The van der Waals surface area contributed by atoms with Gasteiger partial charge in [0, 0.05) is 6.61 Å². The predicted octanol–water partition coefficient (Wildman–Crippen LogP) is 6.16. The van der Waals surface area contributed by atoms with E-state index in [1.807, 2.05) is 6.92 Å². The van der Waals surface area contributed by atoms with Crippen LogP contribution in [0.3, 0.4) is 0 Å². The number of unbranched alkanes of at least 4 members (excludes halogenated alkanes) is 7. The third-order valence-corrected chi connectivity index (χ3v) is 9.43. The third kappa shape index (κ3) is 15.3. The first-order chi connectivity index (χ1) is 10.8. The Morgan fingerprint density at radius 2 is 1.26 bits per heavy atom. The third-order valence-electron chi connectivity index (χ3n) is 3.65. The van der Waals surface area contributed by atoms with Crippen molar-refractivity contribution >= 4 is 17.1 Å². The van der Waals surface area contributed by atoms with Gasteiger partial charge >= 0.3 is 17.1 Å². The number of hydrogen-bond donors (Lipinski definition) is 0. The molecule has 0 amide bonds. The van der Waals surface area contributed by atoms with Crippen LogP contribution in [0.15, 0.2) is 12.2 Å². The van der Waals surface area contributed by atoms with Crippen molar-refractivity contribution in [3.8, 4) is 0 Å². The van der Waals surface area contributed by atoms with E-state index in [9.17, 15) is 0 Å². The molecule has 0 N–H and O–H groups in total. The van der Waals surface area contributed by atoms with Gasteiger partial charge < -0.3 is 13.0 Å². The summed E-state index contributed by atoms with van der Waals surface area (Å²) in [5, 5.41) is 0. The van der Waals surface area contributed by atoms with E-state index in [1.165, 1.54) is 51.4 Å². The molecule has 0 radical (unpaired) electrons. The van der Waals surface area contributed by atoms with Gasteiger partial charge in [-0.15, -0.1) is 0 Å². The van der Waals surface area contributed by atoms with Crippen molar-refractivity contribution in [3.05, 3.63) is 12.2 Å². The topological polar surface area (TPSA) is 27.7 Å². The largest absolute Gasteiger partial charge is 0.415 e. The Hall–Kier alpha value is 0.0538. The van der Waals surface area contributed by atoms with E-state index in [0.29, 0.717) is 13.2 Å². The molecule has 138 valence electrons. The van der Waals surface area contributed by atoms with Gasteiger partial charge in [0.05, 0.1) is 6.61 Å². The van der Waals surface area contributed by atoms with E-state index in [-0.39, 0.29) is 0 Å². The molecule has 0 aliphatic rings. The molecule has 0 aromatic carbocycles. The quantitative estimate of drug-likeness (QED) is 0.199. The zero-order chi connectivity index (χ0) is 17.6. The first kappa shape index (κ1) is 23.1. The second-order valence-corrected chi connectivity index (χ2v) is 14.0. The smallest absolute Gasteiger partial charge is 0.323 e. The van der Waals surface area contributed by atoms with Gasteiger partial charge in [-0.25, -0.2) is 0 Å². The minimum Gasteiger partial charge on any atom is -0.415 e. The molecule has 0 saturated carbocycles. The summed E-state index contributed by atoms with van der Waals surface area (Å²) in [6, 6.07) is 0. The van der Waals surface area contributed by atoms with Gasteiger partial charge in [-0.1, -0.05) is 57.6 Å². The van der Waals surface area contributed by atoms with Gasteiger partial charge in [0.1, 0.15) is 0 Å². The number of allylic oxidation sites excluding steroid dienone is 1. The molecular formula is C18H40O3Si2. The van der Waals surface area contributed by atoms with Crippen molar-refractivity contribution in [1.29, 1.82) is 0 Å². The molecule has 0 atom stereocenters. The highest BCUT2D eigenvalue weighted by molar-refractivity contribution is 6.78. The van der Waals surface area contributed by atoms with E-state index >= 15 is 0 Å². The normalized spacial score (nSPS) is 13.1. The lowest BCUT2D eigenvalue weighted by molar-refractivity contribution is 0.214. The minimum atomic E-state index is -2.08. The zero-order valence-corrected chi connectivity index (χ0v) is 18.5. The highest BCUT2D eigenvalue weighted by Gasteiger charge is 2.35. The fourth-order valence-electron chi connectivity index (χ4n) is 2.65. The van der Waals surface area contributed by atoms with Crippen molar-refractivity contribution in [2.75, 3.05) is 13.2 Å². The molecule has 0 aromatic rings. The molecule has 23 heavy (non-hydrogen) atoms. The van der Waals surface area contributed by atoms with E-state index < -0.39 is 17.1 Å². The fraction of sp³-hybridized carbons (Fsp3) is 0.889. The van der Waals surface area contributed by atoms with Crippen LogP contribution in [0.25, 0.3) is 0 Å². The van der Waals surface area contributed by atoms with Gasteiger partial charge in [0.15, 0.2) is 0 Å². The second kappa shape index (κ2) is 13.4. The number of hydrogen-bond acceptors (Lipinski definition) is 3. The Morgan fingerprint density at radius 1 is 0.696 bits per heavy atom. The maximum atomic E-state index is 6.16. The highest BCUT2D eigenvalue weighted by atomic mass is 28.5. The molecule has 3 nitrogen and oxygen atoms in total. The Morgan fingerprint density at radius 3 is 1.87 bits per heavy atom. The summed E-state index contributed by atoms with van der Waals surface area (Å²) < 4.78 is 17.9. The first-order valence-electron chi connectivity index (χ1n) is 9.46. The highest BCUT2D eigenvalue weighted by Crippen LogP contribution is 2.16. The van der Waals surface area contributed by atoms with Crippen LogP contribution in [0.1, 0.15) is 65.2 Å². The molecule has 0 aliphatic heterocycles. The standard InChI is InChI=1S/C18H40O3Si2/c1-7-9-10-11-12-13-14-15-16-17-18-20-23(5,6)21-22(3,4)19-8-2/h16-17H,7-15,18H2,1-6H3/b17-16+. The average molecular weight is 361 g/mol. The summed E-state index contributed by atoms with van der Waals surface area (Å²) in [6.45, 7) is 14.0. The lowest BCUT2D eigenvalue weighted by Gasteiger charge is -2.32. The van der Waals surface area contributed by atoms with E-state index in [4.69, 9.17) is 13.0 Å². The van der Waals surface area contributed by atoms with Crippen molar-refractivity contribution in [3.63, 3.8) is 0 Å². The van der Waals surface area contributed by atoms with Crippen LogP contribution in [0.2, 0.25) is 26.2 Å². The summed E-state index contributed by atoms with van der Waals surface area (Å²) in [7, 11) is -4.11. The Bertz CT molecular complexity index is 305. The molecule has 0 fully saturated rings. The van der Waals surface area contributed by atoms with Crippen LogP contribution in [0.4, 0.5) is 0 Å². The van der Waals surface area contributed by atoms with E-state index in [2.05, 4.69) is 45.3 Å². The van der Waals surface area contributed by atoms with Gasteiger partial charge in [0.25, 0.3) is 0 Å². The molecule has 0 saturated heterocycles. The summed E-state index contributed by atoms with van der Waals surface area (Å²) in [6.07, 6.45) is 15.1. The summed E-state index contributed by atoms with van der Waals surface area (Å²) >= 11 is 0.